The molecule has 23 heavy (non-hydrogen) atoms. The summed E-state index contributed by atoms with van der Waals surface area (Å²) >= 11 is 0. The number of carbonyl (C=O) groups is 1. The zero-order valence-corrected chi connectivity index (χ0v) is 12.5. The zero-order chi connectivity index (χ0) is 17.6. The van der Waals surface area contributed by atoms with Crippen LogP contribution in [0.5, 0.6) is 0 Å². The minimum Gasteiger partial charge on any atom is -0.462 e. The molecule has 0 aromatic heterocycles. The molecule has 0 radical (unpaired) electrons. The van der Waals surface area contributed by atoms with E-state index in [0.717, 1.165) is 0 Å². The van der Waals surface area contributed by atoms with Gasteiger partial charge in [-0.3, -0.25) is 9.79 Å². The summed E-state index contributed by atoms with van der Waals surface area (Å²) in [5, 5.41) is 37.9. The molecule has 0 saturated carbocycles. The average Bonchev–Trinajstić information content (AvgIpc) is 2.50. The van der Waals surface area contributed by atoms with Crippen LogP contribution in [0.1, 0.15) is 12.8 Å². The Morgan fingerprint density at radius 1 is 1.17 bits per heavy atom. The Hall–Kier alpha value is -1.50. The maximum Gasteiger partial charge on any atom is 0.323 e. The van der Waals surface area contributed by atoms with Gasteiger partial charge in [-0.1, -0.05) is 0 Å². The minimum absolute atomic E-state index is 0.0520. The predicted octanol–water partition coefficient (Wildman–Crippen LogP) is -4.29. The van der Waals surface area contributed by atoms with Crippen molar-refractivity contribution in [2.24, 2.45) is 22.2 Å². The molecule has 0 bridgehead atoms. The van der Waals surface area contributed by atoms with Gasteiger partial charge in [-0.25, -0.2) is 0 Å². The monoisotopic (exact) mass is 336 g/mol. The molecule has 0 spiro atoms. The molecule has 6 atom stereocenters. The van der Waals surface area contributed by atoms with Gasteiger partial charge in [0.2, 0.25) is 0 Å². The number of hydrogen-bond acceptors (Lipinski definition) is 9. The van der Waals surface area contributed by atoms with Crippen molar-refractivity contribution in [3.63, 3.8) is 0 Å². The Morgan fingerprint density at radius 3 is 2.43 bits per heavy atom. The van der Waals surface area contributed by atoms with Gasteiger partial charge in [0.05, 0.1) is 0 Å². The molecule has 1 saturated heterocycles. The van der Waals surface area contributed by atoms with Gasteiger partial charge >= 0.3 is 5.97 Å². The number of ether oxygens (including phenoxy) is 2. The van der Waals surface area contributed by atoms with Crippen LogP contribution in [-0.2, 0) is 14.3 Å². The van der Waals surface area contributed by atoms with E-state index in [4.69, 9.17) is 26.7 Å². The fourth-order valence-corrected chi connectivity index (χ4v) is 1.98. The number of aliphatic imine (C=N–C) groups is 1. The van der Waals surface area contributed by atoms with E-state index in [9.17, 15) is 25.2 Å². The first-order valence-electron chi connectivity index (χ1n) is 7.09. The fourth-order valence-electron chi connectivity index (χ4n) is 1.98. The quantitative estimate of drug-likeness (QED) is 0.103. The second kappa shape index (κ2) is 8.96. The normalized spacial score (nSPS) is 32.1. The number of guanidine groups is 1. The summed E-state index contributed by atoms with van der Waals surface area (Å²) in [5.41, 5.74) is 15.9. The topological polar surface area (TPSA) is 207 Å². The van der Waals surface area contributed by atoms with Crippen LogP contribution >= 0.6 is 0 Å². The van der Waals surface area contributed by atoms with E-state index >= 15 is 0 Å². The van der Waals surface area contributed by atoms with Gasteiger partial charge in [0.25, 0.3) is 0 Å². The number of aliphatic hydroxyl groups excluding tert-OH is 4. The van der Waals surface area contributed by atoms with E-state index in [1.807, 2.05) is 0 Å². The Morgan fingerprint density at radius 2 is 1.83 bits per heavy atom. The zero-order valence-electron chi connectivity index (χ0n) is 12.5. The van der Waals surface area contributed by atoms with Gasteiger partial charge in [0.15, 0.2) is 12.2 Å². The van der Waals surface area contributed by atoms with Crippen molar-refractivity contribution >= 4 is 11.9 Å². The molecule has 1 aliphatic rings. The van der Waals surface area contributed by atoms with Gasteiger partial charge in [-0.05, 0) is 12.8 Å². The number of hydrogen-bond donors (Lipinski definition) is 7. The molecule has 1 fully saturated rings. The molecular weight excluding hydrogens is 312 g/mol. The lowest BCUT2D eigenvalue weighted by Crippen LogP contribution is -2.58. The van der Waals surface area contributed by atoms with Crippen LogP contribution in [-0.4, -0.2) is 82.3 Å². The SMILES string of the molecule is NC(N)=NCCC[C@@H](N)C(=O)OC[C@H]1O[C@H](O)[C@H](O)[C@@H](O)[C@H]1O. The highest BCUT2D eigenvalue weighted by Gasteiger charge is 2.43. The molecular formula is C12H24N4O7. The van der Waals surface area contributed by atoms with Crippen LogP contribution < -0.4 is 17.2 Å². The molecule has 10 N–H and O–H groups in total. The summed E-state index contributed by atoms with van der Waals surface area (Å²) in [7, 11) is 0. The first-order valence-corrected chi connectivity index (χ1v) is 7.09. The van der Waals surface area contributed by atoms with Gasteiger partial charge in [0.1, 0.15) is 37.1 Å². The molecule has 1 heterocycles. The van der Waals surface area contributed by atoms with Crippen molar-refractivity contribution < 1.29 is 34.7 Å². The van der Waals surface area contributed by atoms with Gasteiger partial charge in [0, 0.05) is 6.54 Å². The lowest BCUT2D eigenvalue weighted by atomic mass is 9.99. The Kier molecular flexibility index (Phi) is 7.61. The number of nitrogens with zero attached hydrogens (tertiary/aromatic N) is 1. The van der Waals surface area contributed by atoms with Crippen LogP contribution in [0, 0.1) is 0 Å². The number of carbonyl (C=O) groups excluding carboxylic acids is 1. The van der Waals surface area contributed by atoms with E-state index in [0.29, 0.717) is 13.0 Å². The lowest BCUT2D eigenvalue weighted by Gasteiger charge is -2.37. The molecule has 0 aromatic rings. The third-order valence-corrected chi connectivity index (χ3v) is 3.35. The number of nitrogens with two attached hydrogens (primary N) is 3. The van der Waals surface area contributed by atoms with Crippen LogP contribution in [0.2, 0.25) is 0 Å². The summed E-state index contributed by atoms with van der Waals surface area (Å²) < 4.78 is 9.75. The molecule has 1 rings (SSSR count). The first-order chi connectivity index (χ1) is 10.7. The highest BCUT2D eigenvalue weighted by Crippen LogP contribution is 2.20. The van der Waals surface area contributed by atoms with Crippen molar-refractivity contribution in [3.05, 3.63) is 0 Å². The fraction of sp³-hybridized carbons (Fsp3) is 0.833. The Labute approximate surface area is 132 Å². The van der Waals surface area contributed by atoms with Crippen LogP contribution in [0.4, 0.5) is 0 Å². The third-order valence-electron chi connectivity index (χ3n) is 3.35. The smallest absolute Gasteiger partial charge is 0.323 e. The Balaban J connectivity index is 2.36. The van der Waals surface area contributed by atoms with Gasteiger partial charge < -0.3 is 47.1 Å². The molecule has 1 aliphatic heterocycles. The van der Waals surface area contributed by atoms with E-state index in [1.165, 1.54) is 0 Å². The van der Waals surface area contributed by atoms with Crippen LogP contribution in [0.15, 0.2) is 4.99 Å². The number of esters is 1. The van der Waals surface area contributed by atoms with Crippen molar-refractivity contribution in [1.29, 1.82) is 0 Å². The highest BCUT2D eigenvalue weighted by molar-refractivity contribution is 5.76. The summed E-state index contributed by atoms with van der Waals surface area (Å²) in [5.74, 6) is -0.788. The standard InChI is InChI=1S/C12H24N4O7/c13-5(2-1-3-16-12(14)15)10(20)22-4-6-7(17)8(18)9(19)11(21)23-6/h5-9,11,17-19,21H,1-4,13H2,(H4,14,15,16)/t5-,6-,7+,8+,9-,11+/m1/s1. The number of rotatable bonds is 7. The molecule has 11 nitrogen and oxygen atoms in total. The highest BCUT2D eigenvalue weighted by atomic mass is 16.6. The van der Waals surface area contributed by atoms with Crippen molar-refractivity contribution in [2.75, 3.05) is 13.2 Å². The Bertz CT molecular complexity index is 418. The second-order valence-corrected chi connectivity index (χ2v) is 5.22. The average molecular weight is 336 g/mol. The third kappa shape index (κ3) is 5.89. The largest absolute Gasteiger partial charge is 0.462 e. The minimum atomic E-state index is -1.69. The van der Waals surface area contributed by atoms with Crippen LogP contribution in [0.25, 0.3) is 0 Å². The maximum atomic E-state index is 11.7. The summed E-state index contributed by atoms with van der Waals surface area (Å²) in [6, 6.07) is -0.912. The van der Waals surface area contributed by atoms with Crippen molar-refractivity contribution in [1.82, 2.24) is 0 Å². The van der Waals surface area contributed by atoms with E-state index in [2.05, 4.69) is 4.99 Å². The first kappa shape index (κ1) is 19.5. The lowest BCUT2D eigenvalue weighted by molar-refractivity contribution is -0.287. The molecule has 0 aliphatic carbocycles. The molecule has 0 unspecified atom stereocenters. The van der Waals surface area contributed by atoms with E-state index in [-0.39, 0.29) is 12.4 Å². The molecule has 0 aromatic carbocycles. The molecule has 11 heteroatoms. The summed E-state index contributed by atoms with van der Waals surface area (Å²) in [4.78, 5) is 15.4. The summed E-state index contributed by atoms with van der Waals surface area (Å²) in [6.45, 7) is -0.105. The van der Waals surface area contributed by atoms with Gasteiger partial charge in [-0.2, -0.15) is 0 Å². The summed E-state index contributed by atoms with van der Waals surface area (Å²) in [6.07, 6.45) is -6.88. The van der Waals surface area contributed by atoms with E-state index < -0.39 is 49.3 Å². The van der Waals surface area contributed by atoms with Gasteiger partial charge in [-0.15, -0.1) is 0 Å². The van der Waals surface area contributed by atoms with Crippen molar-refractivity contribution in [2.45, 2.75) is 49.6 Å². The predicted molar refractivity (Wildman–Crippen MR) is 77.7 cm³/mol. The molecule has 0 amide bonds. The second-order valence-electron chi connectivity index (χ2n) is 5.22. The number of aliphatic hydroxyl groups is 4. The van der Waals surface area contributed by atoms with E-state index in [1.54, 1.807) is 0 Å². The maximum absolute atomic E-state index is 11.7. The van der Waals surface area contributed by atoms with Crippen molar-refractivity contribution in [3.8, 4) is 0 Å². The van der Waals surface area contributed by atoms with Crippen LogP contribution in [0.3, 0.4) is 0 Å². The molecule has 134 valence electrons.